The summed E-state index contributed by atoms with van der Waals surface area (Å²) in [5, 5.41) is 8.77. The van der Waals surface area contributed by atoms with Gasteiger partial charge in [0.1, 0.15) is 11.8 Å². The monoisotopic (exact) mass is 445 g/mol. The van der Waals surface area contributed by atoms with Crippen molar-refractivity contribution in [1.82, 2.24) is 0 Å². The van der Waals surface area contributed by atoms with E-state index in [1.807, 2.05) is 6.92 Å². The maximum Gasteiger partial charge on any atom is 0.255 e. The molecule has 0 unspecified atom stereocenters. The quantitative estimate of drug-likeness (QED) is 0.404. The molecule has 0 aliphatic rings. The van der Waals surface area contributed by atoms with E-state index in [0.29, 0.717) is 34.8 Å². The Labute approximate surface area is 193 Å². The molecule has 0 radical (unpaired) electrons. The van der Waals surface area contributed by atoms with Crippen LogP contribution < -0.4 is 20.7 Å². The van der Waals surface area contributed by atoms with E-state index in [9.17, 15) is 14.4 Å². The highest BCUT2D eigenvalue weighted by Crippen LogP contribution is 2.18. The number of nitrogens with one attached hydrogen (secondary N) is 3. The number of anilines is 3. The van der Waals surface area contributed by atoms with Crippen LogP contribution in [0.1, 0.15) is 41.5 Å². The van der Waals surface area contributed by atoms with Gasteiger partial charge in [0.25, 0.3) is 5.91 Å². The summed E-state index contributed by atoms with van der Waals surface area (Å²) >= 11 is 0. The van der Waals surface area contributed by atoms with Crippen LogP contribution in [0.15, 0.2) is 72.8 Å². The molecule has 7 nitrogen and oxygen atoms in total. The lowest BCUT2D eigenvalue weighted by atomic mass is 10.1. The van der Waals surface area contributed by atoms with Gasteiger partial charge in [-0.3, -0.25) is 14.4 Å². The Kier molecular flexibility index (Phi) is 7.81. The van der Waals surface area contributed by atoms with Crippen LogP contribution in [0.25, 0.3) is 0 Å². The molecule has 0 heterocycles. The van der Waals surface area contributed by atoms with Crippen molar-refractivity contribution < 1.29 is 19.1 Å². The third kappa shape index (κ3) is 6.67. The van der Waals surface area contributed by atoms with Crippen molar-refractivity contribution in [2.24, 2.45) is 0 Å². The van der Waals surface area contributed by atoms with E-state index < -0.39 is 6.04 Å². The van der Waals surface area contributed by atoms with Crippen molar-refractivity contribution in [3.63, 3.8) is 0 Å². The first-order valence-electron chi connectivity index (χ1n) is 10.7. The van der Waals surface area contributed by atoms with Crippen LogP contribution in [-0.4, -0.2) is 30.2 Å². The highest BCUT2D eigenvalue weighted by atomic mass is 16.5. The molecule has 3 rings (SSSR count). The van der Waals surface area contributed by atoms with E-state index in [1.54, 1.807) is 79.7 Å². The fourth-order valence-corrected chi connectivity index (χ4v) is 3.08. The number of ether oxygens (including phenoxy) is 1. The third-order valence-corrected chi connectivity index (χ3v) is 4.91. The van der Waals surface area contributed by atoms with Gasteiger partial charge in [-0.25, -0.2) is 0 Å². The predicted octanol–water partition coefficient (Wildman–Crippen LogP) is 4.98. The van der Waals surface area contributed by atoms with E-state index >= 15 is 0 Å². The summed E-state index contributed by atoms with van der Waals surface area (Å²) in [5.41, 5.74) is 3.08. The molecule has 0 saturated heterocycles. The molecular formula is C26H27N3O4. The Balaban J connectivity index is 1.53. The Bertz CT molecular complexity index is 1110. The summed E-state index contributed by atoms with van der Waals surface area (Å²) in [6.07, 6.45) is 0. The van der Waals surface area contributed by atoms with Crippen molar-refractivity contribution in [2.45, 2.75) is 26.8 Å². The SMILES string of the molecule is CCOc1ccc(NC(=O)c2ccc(N[C@H](C)C(=O)Nc3ccc(C(C)=O)cc3)cc2)cc1. The van der Waals surface area contributed by atoms with Gasteiger partial charge in [-0.2, -0.15) is 0 Å². The third-order valence-electron chi connectivity index (χ3n) is 4.91. The van der Waals surface area contributed by atoms with Crippen molar-refractivity contribution in [2.75, 3.05) is 22.6 Å². The number of ketones is 1. The summed E-state index contributed by atoms with van der Waals surface area (Å²) in [5.74, 6) is 0.269. The summed E-state index contributed by atoms with van der Waals surface area (Å²) < 4.78 is 5.40. The van der Waals surface area contributed by atoms with E-state index in [2.05, 4.69) is 16.0 Å². The molecule has 3 aromatic carbocycles. The van der Waals surface area contributed by atoms with Gasteiger partial charge in [0.2, 0.25) is 5.91 Å². The zero-order chi connectivity index (χ0) is 23.8. The number of carbonyl (C=O) groups excluding carboxylic acids is 3. The normalized spacial score (nSPS) is 11.2. The summed E-state index contributed by atoms with van der Waals surface area (Å²) in [6, 6.07) is 20.3. The van der Waals surface area contributed by atoms with E-state index in [1.165, 1.54) is 6.92 Å². The van der Waals surface area contributed by atoms with Gasteiger partial charge in [-0.1, -0.05) is 0 Å². The van der Waals surface area contributed by atoms with Crippen LogP contribution in [-0.2, 0) is 4.79 Å². The molecule has 1 atom stereocenters. The zero-order valence-electron chi connectivity index (χ0n) is 18.8. The largest absolute Gasteiger partial charge is 0.494 e. The number of benzene rings is 3. The Hall–Kier alpha value is -4.13. The van der Waals surface area contributed by atoms with Gasteiger partial charge < -0.3 is 20.7 Å². The number of Topliss-reactive ketones (excluding diaryl/α,β-unsaturated/α-hetero) is 1. The van der Waals surface area contributed by atoms with Gasteiger partial charge in [-0.15, -0.1) is 0 Å². The van der Waals surface area contributed by atoms with Crippen LogP contribution in [0, 0.1) is 0 Å². The lowest BCUT2D eigenvalue weighted by molar-refractivity contribution is -0.116. The van der Waals surface area contributed by atoms with Gasteiger partial charge in [0.05, 0.1) is 6.61 Å². The summed E-state index contributed by atoms with van der Waals surface area (Å²) in [6.45, 7) is 5.73. The highest BCUT2D eigenvalue weighted by molar-refractivity contribution is 6.04. The molecule has 0 aromatic heterocycles. The summed E-state index contributed by atoms with van der Waals surface area (Å²) in [4.78, 5) is 36.3. The predicted molar refractivity (Wildman–Crippen MR) is 130 cm³/mol. The van der Waals surface area contributed by atoms with E-state index in [0.717, 1.165) is 5.75 Å². The fourth-order valence-electron chi connectivity index (χ4n) is 3.08. The average Bonchev–Trinajstić information content (AvgIpc) is 2.81. The van der Waals surface area contributed by atoms with Gasteiger partial charge in [-0.05, 0) is 93.6 Å². The first-order valence-corrected chi connectivity index (χ1v) is 10.7. The van der Waals surface area contributed by atoms with E-state index in [4.69, 9.17) is 4.74 Å². The van der Waals surface area contributed by atoms with Crippen molar-refractivity contribution in [3.8, 4) is 5.75 Å². The second-order valence-electron chi connectivity index (χ2n) is 7.48. The molecule has 170 valence electrons. The van der Waals surface area contributed by atoms with Gasteiger partial charge in [0, 0.05) is 28.2 Å². The smallest absolute Gasteiger partial charge is 0.255 e. The molecule has 7 heteroatoms. The maximum absolute atomic E-state index is 12.5. The minimum Gasteiger partial charge on any atom is -0.494 e. The topological polar surface area (TPSA) is 96.5 Å². The molecule has 0 bridgehead atoms. The lowest BCUT2D eigenvalue weighted by Gasteiger charge is -2.16. The standard InChI is InChI=1S/C26H27N3O4/c1-4-33-24-15-13-23(14-16-24)29-26(32)20-7-11-21(12-8-20)27-17(2)25(31)28-22-9-5-19(6-10-22)18(3)30/h5-17,27H,4H2,1-3H3,(H,28,31)(H,29,32)/t17-/m1/s1. The van der Waals surface area contributed by atoms with Crippen LogP contribution in [0.4, 0.5) is 17.1 Å². The molecule has 33 heavy (non-hydrogen) atoms. The molecule has 0 saturated carbocycles. The molecule has 3 aromatic rings. The average molecular weight is 446 g/mol. The molecule has 0 aliphatic heterocycles. The Morgan fingerprint density at radius 2 is 1.27 bits per heavy atom. The van der Waals surface area contributed by atoms with Crippen LogP contribution in [0.5, 0.6) is 5.75 Å². The highest BCUT2D eigenvalue weighted by Gasteiger charge is 2.14. The zero-order valence-corrected chi connectivity index (χ0v) is 18.8. The minimum absolute atomic E-state index is 0.0282. The first kappa shape index (κ1) is 23.5. The number of hydrogen-bond acceptors (Lipinski definition) is 5. The summed E-state index contributed by atoms with van der Waals surface area (Å²) in [7, 11) is 0. The minimum atomic E-state index is -0.513. The molecular weight excluding hydrogens is 418 g/mol. The molecule has 0 spiro atoms. The molecule has 3 N–H and O–H groups in total. The van der Waals surface area contributed by atoms with Gasteiger partial charge >= 0.3 is 0 Å². The van der Waals surface area contributed by atoms with Crippen molar-refractivity contribution in [3.05, 3.63) is 83.9 Å². The van der Waals surface area contributed by atoms with Gasteiger partial charge in [0.15, 0.2) is 5.78 Å². The van der Waals surface area contributed by atoms with Crippen LogP contribution >= 0.6 is 0 Å². The van der Waals surface area contributed by atoms with Crippen LogP contribution in [0.2, 0.25) is 0 Å². The lowest BCUT2D eigenvalue weighted by Crippen LogP contribution is -2.31. The number of amides is 2. The Morgan fingerprint density at radius 3 is 1.85 bits per heavy atom. The molecule has 0 fully saturated rings. The molecule has 2 amide bonds. The number of carbonyl (C=O) groups is 3. The first-order chi connectivity index (χ1) is 15.9. The fraction of sp³-hybridized carbons (Fsp3) is 0.192. The van der Waals surface area contributed by atoms with Crippen molar-refractivity contribution in [1.29, 1.82) is 0 Å². The van der Waals surface area contributed by atoms with Crippen molar-refractivity contribution >= 4 is 34.7 Å². The second kappa shape index (κ2) is 10.9. The second-order valence-corrected chi connectivity index (χ2v) is 7.48. The number of hydrogen-bond donors (Lipinski definition) is 3. The van der Waals surface area contributed by atoms with Crippen LogP contribution in [0.3, 0.4) is 0 Å². The Morgan fingerprint density at radius 1 is 0.758 bits per heavy atom. The molecule has 0 aliphatic carbocycles. The number of rotatable bonds is 9. The maximum atomic E-state index is 12.5. The van der Waals surface area contributed by atoms with E-state index in [-0.39, 0.29) is 17.6 Å².